The lowest BCUT2D eigenvalue weighted by molar-refractivity contribution is -0.150. The highest BCUT2D eigenvalue weighted by atomic mass is 32.2. The molecule has 0 aromatic heterocycles. The molecule has 2 aliphatic rings. The number of benzene rings is 3. The Labute approximate surface area is 341 Å². The molecule has 0 aliphatic carbocycles. The van der Waals surface area contributed by atoms with Gasteiger partial charge in [0.15, 0.2) is 12.4 Å². The van der Waals surface area contributed by atoms with Crippen LogP contribution in [0.4, 0.5) is 4.79 Å². The summed E-state index contributed by atoms with van der Waals surface area (Å²) in [6.45, 7) is 10.8. The molecule has 0 saturated carbocycles. The Morgan fingerprint density at radius 2 is 1.64 bits per heavy atom. The van der Waals surface area contributed by atoms with Crippen molar-refractivity contribution >= 4 is 35.0 Å². The second-order valence-corrected chi connectivity index (χ2v) is 18.6. The monoisotopic (exact) mass is 845 g/mol. The SMILES string of the molecule is CCOC(=O)[C@H](C)OP(=O)(Oc1ccccc1)c1ccc(CNC[C@H](NC(=O)O[C@H]2CO[C@H]3OCC[C@H]32)[C@H](C)CN(CC(C)C)S(=O)(=O)c2ccc(OC)cc2)cc1. The minimum Gasteiger partial charge on any atom is -0.497 e. The fourth-order valence-electron chi connectivity index (χ4n) is 6.72. The number of methoxy groups -OCH3 is 1. The quantitative estimate of drug-likeness (QED) is 0.102. The molecule has 3 aromatic carbocycles. The van der Waals surface area contributed by atoms with Crippen LogP contribution in [0.1, 0.15) is 46.6 Å². The van der Waals surface area contributed by atoms with Crippen LogP contribution in [0.2, 0.25) is 0 Å². The van der Waals surface area contributed by atoms with E-state index in [9.17, 15) is 22.6 Å². The number of nitrogens with zero attached hydrogens (tertiary/aromatic N) is 1. The Morgan fingerprint density at radius 3 is 2.29 bits per heavy atom. The minimum absolute atomic E-state index is 0.0220. The fraction of sp³-hybridized carbons (Fsp3) is 0.512. The molecule has 0 radical (unpaired) electrons. The first kappa shape index (κ1) is 45.1. The zero-order chi connectivity index (χ0) is 41.9. The molecular formula is C41H56N3O12PS. The first-order valence-electron chi connectivity index (χ1n) is 19.6. The van der Waals surface area contributed by atoms with Crippen LogP contribution in [-0.4, -0.2) is 95.9 Å². The summed E-state index contributed by atoms with van der Waals surface area (Å²) in [6.07, 6.45) is -1.93. The second-order valence-electron chi connectivity index (χ2n) is 14.8. The molecular weight excluding hydrogens is 790 g/mol. The van der Waals surface area contributed by atoms with Gasteiger partial charge >= 0.3 is 19.7 Å². The minimum atomic E-state index is -4.06. The Bertz CT molecular complexity index is 1940. The maximum atomic E-state index is 14.2. The lowest BCUT2D eigenvalue weighted by Gasteiger charge is -2.32. The van der Waals surface area contributed by atoms with Crippen molar-refractivity contribution < 1.29 is 55.3 Å². The zero-order valence-electron chi connectivity index (χ0n) is 33.9. The van der Waals surface area contributed by atoms with Crippen molar-refractivity contribution in [3.05, 3.63) is 84.4 Å². The van der Waals surface area contributed by atoms with Gasteiger partial charge in [0.1, 0.15) is 17.6 Å². The van der Waals surface area contributed by atoms with Gasteiger partial charge in [-0.25, -0.2) is 22.6 Å². The van der Waals surface area contributed by atoms with Crippen LogP contribution in [0.3, 0.4) is 0 Å². The van der Waals surface area contributed by atoms with Gasteiger partial charge < -0.3 is 38.8 Å². The van der Waals surface area contributed by atoms with E-state index in [2.05, 4.69) is 10.6 Å². The van der Waals surface area contributed by atoms with E-state index in [0.717, 1.165) is 12.0 Å². The van der Waals surface area contributed by atoms with Gasteiger partial charge in [-0.1, -0.05) is 51.1 Å². The Kier molecular flexibility index (Phi) is 16.2. The third-order valence-corrected chi connectivity index (χ3v) is 13.6. The maximum Gasteiger partial charge on any atom is 0.411 e. The van der Waals surface area contributed by atoms with E-state index in [1.807, 2.05) is 20.8 Å². The molecule has 2 saturated heterocycles. The fourth-order valence-corrected chi connectivity index (χ4v) is 10.1. The molecule has 1 amide bonds. The lowest BCUT2D eigenvalue weighted by atomic mass is 10.0. The van der Waals surface area contributed by atoms with Gasteiger partial charge in [-0.3, -0.25) is 4.52 Å². The average molecular weight is 846 g/mol. The normalized spacial score (nSPS) is 20.4. The number of fused-ring (bicyclic) bond motifs is 1. The molecule has 2 aliphatic heterocycles. The summed E-state index contributed by atoms with van der Waals surface area (Å²) >= 11 is 0. The third-order valence-electron chi connectivity index (χ3n) is 9.82. The van der Waals surface area contributed by atoms with Crippen LogP contribution in [0.25, 0.3) is 0 Å². The van der Waals surface area contributed by atoms with Crippen molar-refractivity contribution in [2.45, 2.75) is 77.0 Å². The summed E-state index contributed by atoms with van der Waals surface area (Å²) in [6, 6.07) is 21.0. The van der Waals surface area contributed by atoms with Gasteiger partial charge in [0, 0.05) is 32.2 Å². The predicted molar refractivity (Wildman–Crippen MR) is 216 cm³/mol. The first-order chi connectivity index (χ1) is 27.7. The Hall–Kier alpha value is -4.02. The van der Waals surface area contributed by atoms with Crippen molar-refractivity contribution in [3.63, 3.8) is 0 Å². The van der Waals surface area contributed by atoms with Crippen molar-refractivity contribution in [3.8, 4) is 11.5 Å². The molecule has 0 spiro atoms. The number of alkyl carbamates (subject to hydrolysis) is 1. The highest BCUT2D eigenvalue weighted by Gasteiger charge is 2.44. The van der Waals surface area contributed by atoms with Gasteiger partial charge in [-0.15, -0.1) is 0 Å². The highest BCUT2D eigenvalue weighted by Crippen LogP contribution is 2.48. The molecule has 1 unspecified atom stereocenters. The van der Waals surface area contributed by atoms with E-state index in [4.69, 9.17) is 32.7 Å². The molecule has 17 heteroatoms. The number of amides is 1. The van der Waals surface area contributed by atoms with E-state index in [0.29, 0.717) is 24.7 Å². The number of hydrogen-bond donors (Lipinski definition) is 2. The summed E-state index contributed by atoms with van der Waals surface area (Å²) in [5.74, 6) is -0.225. The van der Waals surface area contributed by atoms with Crippen LogP contribution >= 0.6 is 7.60 Å². The van der Waals surface area contributed by atoms with Crippen LogP contribution in [0.5, 0.6) is 11.5 Å². The van der Waals surface area contributed by atoms with E-state index in [1.165, 1.54) is 30.5 Å². The van der Waals surface area contributed by atoms with Gasteiger partial charge in [0.2, 0.25) is 10.0 Å². The molecule has 2 heterocycles. The molecule has 15 nitrogen and oxygen atoms in total. The Morgan fingerprint density at radius 1 is 0.931 bits per heavy atom. The number of carbonyl (C=O) groups excluding carboxylic acids is 2. The standard InChI is InChI=1S/C41H56N3O12PS/c1-7-51-39(45)30(5)55-57(47,56-33-11-9-8-10-12-33)34-17-13-31(14-18-34)23-42-24-37(43-41(46)54-38-27-53-40-36(38)21-22-52-40)29(4)26-44(25-28(2)3)58(48,49)35-19-15-32(50-6)16-20-35/h8-20,28-30,36-38,40,42H,7,21-27H2,1-6H3,(H,43,46)/t29-,30+,36+,37+,38+,40-,57?/m1/s1. The van der Waals surface area contributed by atoms with Gasteiger partial charge in [-0.05, 0) is 86.2 Å². The maximum absolute atomic E-state index is 14.2. The second kappa shape index (κ2) is 20.8. The van der Waals surface area contributed by atoms with Gasteiger partial charge in [-0.2, -0.15) is 4.31 Å². The van der Waals surface area contributed by atoms with Crippen molar-refractivity contribution in [1.29, 1.82) is 0 Å². The number of nitrogens with one attached hydrogen (secondary N) is 2. The largest absolute Gasteiger partial charge is 0.497 e. The van der Waals surface area contributed by atoms with Crippen molar-refractivity contribution in [2.75, 3.05) is 46.6 Å². The zero-order valence-corrected chi connectivity index (χ0v) is 35.6. The summed E-state index contributed by atoms with van der Waals surface area (Å²) in [5.41, 5.74) is 0.807. The average Bonchev–Trinajstić information content (AvgIpc) is 3.83. The lowest BCUT2D eigenvalue weighted by Crippen LogP contribution is -2.51. The highest BCUT2D eigenvalue weighted by molar-refractivity contribution is 7.89. The van der Waals surface area contributed by atoms with E-state index in [-0.39, 0.29) is 67.1 Å². The van der Waals surface area contributed by atoms with E-state index >= 15 is 0 Å². The summed E-state index contributed by atoms with van der Waals surface area (Å²) in [7, 11) is -6.45. The number of carbonyl (C=O) groups is 2. The summed E-state index contributed by atoms with van der Waals surface area (Å²) < 4.78 is 82.7. The summed E-state index contributed by atoms with van der Waals surface area (Å²) in [5, 5.41) is 6.62. The van der Waals surface area contributed by atoms with Crippen LogP contribution in [-0.2, 0) is 49.4 Å². The number of para-hydroxylation sites is 1. The summed E-state index contributed by atoms with van der Waals surface area (Å²) in [4.78, 5) is 26.0. The number of esters is 1. The third kappa shape index (κ3) is 12.0. The smallest absolute Gasteiger partial charge is 0.411 e. The molecule has 318 valence electrons. The number of sulfonamides is 1. The van der Waals surface area contributed by atoms with Crippen LogP contribution in [0.15, 0.2) is 83.8 Å². The number of rotatable bonds is 21. The van der Waals surface area contributed by atoms with Gasteiger partial charge in [0.05, 0.1) is 43.0 Å². The molecule has 3 aromatic rings. The Balaban J connectivity index is 1.31. The van der Waals surface area contributed by atoms with E-state index < -0.39 is 47.9 Å². The molecule has 0 bridgehead atoms. The van der Waals surface area contributed by atoms with Crippen LogP contribution in [0, 0.1) is 17.8 Å². The molecule has 2 fully saturated rings. The first-order valence-corrected chi connectivity index (χ1v) is 22.5. The number of hydrogen-bond acceptors (Lipinski definition) is 13. The topological polar surface area (TPSA) is 177 Å². The van der Waals surface area contributed by atoms with Crippen molar-refractivity contribution in [2.24, 2.45) is 17.8 Å². The molecule has 2 N–H and O–H groups in total. The predicted octanol–water partition coefficient (Wildman–Crippen LogP) is 5.49. The molecule has 5 rings (SSSR count). The molecule has 58 heavy (non-hydrogen) atoms. The van der Waals surface area contributed by atoms with E-state index in [1.54, 1.807) is 73.7 Å². The molecule has 7 atom stereocenters. The number of ether oxygens (including phenoxy) is 5. The van der Waals surface area contributed by atoms with Crippen molar-refractivity contribution in [1.82, 2.24) is 14.9 Å². The van der Waals surface area contributed by atoms with Crippen LogP contribution < -0.4 is 25.2 Å². The van der Waals surface area contributed by atoms with Gasteiger partial charge in [0.25, 0.3) is 0 Å².